The van der Waals surface area contributed by atoms with Crippen molar-refractivity contribution in [2.75, 3.05) is 6.54 Å². The Hall–Kier alpha value is -0.160. The zero-order chi connectivity index (χ0) is 9.61. The number of hydrogen-bond donors (Lipinski definition) is 4. The van der Waals surface area contributed by atoms with Crippen LogP contribution in [-0.2, 0) is 0 Å². The van der Waals surface area contributed by atoms with Crippen LogP contribution in [0.4, 0.5) is 0 Å². The molecule has 0 saturated heterocycles. The van der Waals surface area contributed by atoms with Crippen molar-refractivity contribution < 1.29 is 0 Å². The van der Waals surface area contributed by atoms with Gasteiger partial charge in [0, 0.05) is 6.04 Å². The first-order valence-corrected chi connectivity index (χ1v) is 4.51. The largest absolute Gasteiger partial charge is 0.330 e. The lowest BCUT2D eigenvalue weighted by Crippen LogP contribution is -2.50. The van der Waals surface area contributed by atoms with E-state index in [2.05, 4.69) is 0 Å². The average molecular weight is 174 g/mol. The highest BCUT2D eigenvalue weighted by atomic mass is 14.9. The molecule has 1 unspecified atom stereocenters. The highest BCUT2D eigenvalue weighted by Crippen LogP contribution is 2.10. The maximum atomic E-state index is 5.82. The second kappa shape index (κ2) is 5.48. The summed E-state index contributed by atoms with van der Waals surface area (Å²) >= 11 is 0. The molecular weight excluding hydrogens is 152 g/mol. The number of hydrogen-bond acceptors (Lipinski definition) is 4. The van der Waals surface area contributed by atoms with Gasteiger partial charge < -0.3 is 22.9 Å². The van der Waals surface area contributed by atoms with Crippen molar-refractivity contribution in [2.24, 2.45) is 22.9 Å². The molecule has 0 rings (SSSR count). The molecule has 1 atom stereocenters. The van der Waals surface area contributed by atoms with Gasteiger partial charge in [-0.05, 0) is 39.2 Å². The van der Waals surface area contributed by atoms with E-state index in [0.717, 1.165) is 25.7 Å². The summed E-state index contributed by atoms with van der Waals surface area (Å²) in [5.74, 6) is 0. The van der Waals surface area contributed by atoms with Crippen LogP contribution in [0.25, 0.3) is 0 Å². The third-order valence-corrected chi connectivity index (χ3v) is 1.91. The molecule has 0 aromatic heterocycles. The van der Waals surface area contributed by atoms with Gasteiger partial charge in [-0.2, -0.15) is 0 Å². The van der Waals surface area contributed by atoms with E-state index >= 15 is 0 Å². The highest BCUT2D eigenvalue weighted by molar-refractivity contribution is 4.77. The molecule has 0 aliphatic carbocycles. The molecule has 74 valence electrons. The Morgan fingerprint density at radius 1 is 1.25 bits per heavy atom. The summed E-state index contributed by atoms with van der Waals surface area (Å²) in [4.78, 5) is 0. The zero-order valence-electron chi connectivity index (χ0n) is 7.92. The number of rotatable bonds is 6. The molecule has 0 aromatic carbocycles. The third-order valence-electron chi connectivity index (χ3n) is 1.91. The van der Waals surface area contributed by atoms with Crippen LogP contribution in [-0.4, -0.2) is 18.2 Å². The van der Waals surface area contributed by atoms with E-state index in [1.807, 2.05) is 6.92 Å². The van der Waals surface area contributed by atoms with Crippen LogP contribution in [0.1, 0.15) is 32.6 Å². The summed E-state index contributed by atoms with van der Waals surface area (Å²) in [6.07, 6.45) is 3.30. The minimum Gasteiger partial charge on any atom is -0.330 e. The summed E-state index contributed by atoms with van der Waals surface area (Å²) in [5, 5.41) is 0. The van der Waals surface area contributed by atoms with E-state index in [1.54, 1.807) is 0 Å². The minimum atomic E-state index is -0.576. The van der Waals surface area contributed by atoms with Gasteiger partial charge in [0.25, 0.3) is 0 Å². The van der Waals surface area contributed by atoms with E-state index in [0.29, 0.717) is 6.54 Å². The summed E-state index contributed by atoms with van der Waals surface area (Å²) in [6, 6.07) is 0.175. The van der Waals surface area contributed by atoms with Gasteiger partial charge in [0.1, 0.15) is 0 Å². The van der Waals surface area contributed by atoms with Crippen LogP contribution in [0, 0.1) is 0 Å². The van der Waals surface area contributed by atoms with Crippen molar-refractivity contribution in [3.8, 4) is 0 Å². The summed E-state index contributed by atoms with van der Waals surface area (Å²) in [6.45, 7) is 2.60. The van der Waals surface area contributed by atoms with Gasteiger partial charge in [-0.3, -0.25) is 0 Å². The fraction of sp³-hybridized carbons (Fsp3) is 1.00. The molecule has 0 aromatic rings. The predicted molar refractivity (Wildman–Crippen MR) is 52.3 cm³/mol. The normalized spacial score (nSPS) is 14.8. The Bertz CT molecular complexity index is 112. The topological polar surface area (TPSA) is 104 Å². The molecule has 0 spiro atoms. The summed E-state index contributed by atoms with van der Waals surface area (Å²) in [5.41, 5.74) is 22.0. The third kappa shape index (κ3) is 6.54. The monoisotopic (exact) mass is 174 g/mol. The van der Waals surface area contributed by atoms with E-state index in [9.17, 15) is 0 Å². The van der Waals surface area contributed by atoms with Crippen LogP contribution in [0.15, 0.2) is 0 Å². The lowest BCUT2D eigenvalue weighted by Gasteiger charge is -2.25. The van der Waals surface area contributed by atoms with Gasteiger partial charge in [0.05, 0.1) is 5.66 Å². The number of nitrogens with two attached hydrogens (primary N) is 4. The zero-order valence-corrected chi connectivity index (χ0v) is 7.92. The Kier molecular flexibility index (Phi) is 5.41. The summed E-state index contributed by atoms with van der Waals surface area (Å²) in [7, 11) is 0. The molecule has 4 heteroatoms. The van der Waals surface area contributed by atoms with Crippen LogP contribution in [0.2, 0.25) is 0 Å². The first kappa shape index (κ1) is 11.8. The maximum Gasteiger partial charge on any atom is 0.0637 e. The molecule has 0 aliphatic heterocycles. The highest BCUT2D eigenvalue weighted by Gasteiger charge is 2.17. The van der Waals surface area contributed by atoms with Gasteiger partial charge in [-0.15, -0.1) is 0 Å². The fourth-order valence-electron chi connectivity index (χ4n) is 1.05. The molecule has 0 heterocycles. The Balaban J connectivity index is 3.56. The van der Waals surface area contributed by atoms with Crippen molar-refractivity contribution in [3.05, 3.63) is 0 Å². The molecule has 4 nitrogen and oxygen atoms in total. The van der Waals surface area contributed by atoms with E-state index in [1.165, 1.54) is 0 Å². The van der Waals surface area contributed by atoms with Gasteiger partial charge in [0.2, 0.25) is 0 Å². The van der Waals surface area contributed by atoms with Gasteiger partial charge in [0.15, 0.2) is 0 Å². The van der Waals surface area contributed by atoms with Crippen molar-refractivity contribution in [3.63, 3.8) is 0 Å². The Morgan fingerprint density at radius 2 is 1.83 bits per heavy atom. The average Bonchev–Trinajstić information content (AvgIpc) is 1.98. The lowest BCUT2D eigenvalue weighted by atomic mass is 9.98. The van der Waals surface area contributed by atoms with E-state index in [-0.39, 0.29) is 6.04 Å². The first-order valence-electron chi connectivity index (χ1n) is 4.51. The van der Waals surface area contributed by atoms with Crippen molar-refractivity contribution in [2.45, 2.75) is 44.3 Å². The fourth-order valence-corrected chi connectivity index (χ4v) is 1.05. The van der Waals surface area contributed by atoms with Crippen LogP contribution in [0.5, 0.6) is 0 Å². The SMILES string of the molecule is CC(N)CCC(N)(N)CCCN. The maximum absolute atomic E-state index is 5.82. The molecule has 0 saturated carbocycles. The molecule has 0 aliphatic rings. The minimum absolute atomic E-state index is 0.175. The quantitative estimate of drug-likeness (QED) is 0.406. The lowest BCUT2D eigenvalue weighted by molar-refractivity contribution is 0.350. The first-order chi connectivity index (χ1) is 5.48. The van der Waals surface area contributed by atoms with E-state index < -0.39 is 5.66 Å². The Labute approximate surface area is 74.7 Å². The molecule has 0 amide bonds. The molecule has 0 bridgehead atoms. The van der Waals surface area contributed by atoms with Crippen LogP contribution >= 0.6 is 0 Å². The Morgan fingerprint density at radius 3 is 2.25 bits per heavy atom. The summed E-state index contributed by atoms with van der Waals surface area (Å²) < 4.78 is 0. The van der Waals surface area contributed by atoms with Crippen LogP contribution < -0.4 is 22.9 Å². The molecule has 0 radical (unpaired) electrons. The molecule has 8 N–H and O–H groups in total. The second-order valence-corrected chi connectivity index (χ2v) is 3.64. The molecule has 12 heavy (non-hydrogen) atoms. The van der Waals surface area contributed by atoms with E-state index in [4.69, 9.17) is 22.9 Å². The van der Waals surface area contributed by atoms with Crippen LogP contribution in [0.3, 0.4) is 0 Å². The van der Waals surface area contributed by atoms with Gasteiger partial charge in [-0.1, -0.05) is 0 Å². The smallest absolute Gasteiger partial charge is 0.0637 e. The molecular formula is C8H22N4. The molecule has 0 fully saturated rings. The van der Waals surface area contributed by atoms with Crippen molar-refractivity contribution in [1.82, 2.24) is 0 Å². The predicted octanol–water partition coefficient (Wildman–Crippen LogP) is -0.534. The van der Waals surface area contributed by atoms with Gasteiger partial charge in [-0.25, -0.2) is 0 Å². The van der Waals surface area contributed by atoms with Crippen molar-refractivity contribution in [1.29, 1.82) is 0 Å². The second-order valence-electron chi connectivity index (χ2n) is 3.64. The van der Waals surface area contributed by atoms with Gasteiger partial charge >= 0.3 is 0 Å². The van der Waals surface area contributed by atoms with Crippen molar-refractivity contribution >= 4 is 0 Å². The standard InChI is InChI=1S/C8H22N4/c1-7(10)3-5-8(11,12)4-2-6-9/h7H,2-6,9-12H2,1H3.